The van der Waals surface area contributed by atoms with Crippen molar-refractivity contribution < 1.29 is 19.4 Å². The first kappa shape index (κ1) is 13.8. The molecule has 1 saturated heterocycles. The summed E-state index contributed by atoms with van der Waals surface area (Å²) in [6.45, 7) is 0.732. The molecule has 21 heavy (non-hydrogen) atoms. The average Bonchev–Trinajstić information content (AvgIpc) is 3.17. The van der Waals surface area contributed by atoms with Gasteiger partial charge in [-0.2, -0.15) is 0 Å². The molecule has 0 spiro atoms. The van der Waals surface area contributed by atoms with E-state index in [2.05, 4.69) is 0 Å². The van der Waals surface area contributed by atoms with Crippen LogP contribution in [0.25, 0.3) is 5.69 Å². The highest BCUT2D eigenvalue weighted by atomic mass is 32.1. The van der Waals surface area contributed by atoms with Crippen LogP contribution in [-0.4, -0.2) is 52.3 Å². The van der Waals surface area contributed by atoms with Crippen molar-refractivity contribution in [1.82, 2.24) is 9.47 Å². The van der Waals surface area contributed by atoms with Crippen molar-refractivity contribution >= 4 is 23.2 Å². The van der Waals surface area contributed by atoms with Crippen LogP contribution < -0.4 is 0 Å². The topological polar surface area (TPSA) is 71.8 Å². The Morgan fingerprint density at radius 1 is 1.33 bits per heavy atom. The fraction of sp³-hybridized carbons (Fsp3) is 0.286. The number of aromatic nitrogens is 1. The Morgan fingerprint density at radius 3 is 2.81 bits per heavy atom. The second kappa shape index (κ2) is 5.71. The Morgan fingerprint density at radius 2 is 2.10 bits per heavy atom. The summed E-state index contributed by atoms with van der Waals surface area (Å²) in [5.74, 6) is -1.19. The van der Waals surface area contributed by atoms with Crippen LogP contribution >= 0.6 is 11.3 Å². The van der Waals surface area contributed by atoms with E-state index < -0.39 is 12.1 Å². The Labute approximate surface area is 125 Å². The zero-order valence-electron chi connectivity index (χ0n) is 11.1. The maximum Gasteiger partial charge on any atom is 0.334 e. The van der Waals surface area contributed by atoms with Gasteiger partial charge in [0.05, 0.1) is 18.8 Å². The molecule has 0 unspecified atom stereocenters. The molecule has 1 aliphatic rings. The molecule has 1 N–H and O–H groups in total. The lowest BCUT2D eigenvalue weighted by Crippen LogP contribution is -2.48. The van der Waals surface area contributed by atoms with Crippen LogP contribution in [0.4, 0.5) is 0 Å². The maximum atomic E-state index is 12.6. The van der Waals surface area contributed by atoms with Gasteiger partial charge in [-0.25, -0.2) is 4.79 Å². The minimum absolute atomic E-state index is 0.0805. The summed E-state index contributed by atoms with van der Waals surface area (Å²) < 4.78 is 7.02. The number of carboxylic acids is 1. The van der Waals surface area contributed by atoms with Crippen molar-refractivity contribution in [2.45, 2.75) is 6.10 Å². The molecule has 110 valence electrons. The first-order valence-corrected chi connectivity index (χ1v) is 7.39. The third-order valence-corrected chi connectivity index (χ3v) is 4.24. The van der Waals surface area contributed by atoms with E-state index >= 15 is 0 Å². The number of thiophene rings is 1. The van der Waals surface area contributed by atoms with Crippen molar-refractivity contribution in [3.8, 4) is 5.69 Å². The third-order valence-electron chi connectivity index (χ3n) is 3.35. The molecule has 3 heterocycles. The smallest absolute Gasteiger partial charge is 0.334 e. The Balaban J connectivity index is 1.83. The second-order valence-corrected chi connectivity index (χ2v) is 5.59. The third kappa shape index (κ3) is 2.70. The average molecular weight is 306 g/mol. The van der Waals surface area contributed by atoms with Crippen molar-refractivity contribution in [2.75, 3.05) is 19.7 Å². The van der Waals surface area contributed by atoms with Gasteiger partial charge in [0.15, 0.2) is 6.10 Å². The van der Waals surface area contributed by atoms with Crippen molar-refractivity contribution in [3.05, 3.63) is 40.8 Å². The van der Waals surface area contributed by atoms with Crippen LogP contribution in [-0.2, 0) is 9.53 Å². The lowest BCUT2D eigenvalue weighted by atomic mass is 10.2. The highest BCUT2D eigenvalue weighted by Crippen LogP contribution is 2.24. The molecule has 6 nitrogen and oxygen atoms in total. The van der Waals surface area contributed by atoms with Gasteiger partial charge in [-0.1, -0.05) is 0 Å². The minimum atomic E-state index is -1.04. The molecular weight excluding hydrogens is 292 g/mol. The molecule has 1 fully saturated rings. The summed E-state index contributed by atoms with van der Waals surface area (Å²) in [4.78, 5) is 25.8. The van der Waals surface area contributed by atoms with E-state index in [1.54, 1.807) is 4.90 Å². The predicted molar refractivity (Wildman–Crippen MR) is 76.9 cm³/mol. The second-order valence-electron chi connectivity index (χ2n) is 4.67. The molecule has 1 amide bonds. The summed E-state index contributed by atoms with van der Waals surface area (Å²) in [6.07, 6.45) is 2.80. The first-order chi connectivity index (χ1) is 10.2. The zero-order chi connectivity index (χ0) is 14.8. The normalized spacial score (nSPS) is 18.7. The van der Waals surface area contributed by atoms with Gasteiger partial charge in [0.1, 0.15) is 4.88 Å². The van der Waals surface area contributed by atoms with Crippen molar-refractivity contribution in [1.29, 1.82) is 0 Å². The summed E-state index contributed by atoms with van der Waals surface area (Å²) in [7, 11) is 0. The van der Waals surface area contributed by atoms with E-state index in [0.717, 1.165) is 5.69 Å². The molecule has 0 saturated carbocycles. The molecule has 0 aromatic carbocycles. The quantitative estimate of drug-likeness (QED) is 0.932. The van der Waals surface area contributed by atoms with Crippen LogP contribution in [0.5, 0.6) is 0 Å². The van der Waals surface area contributed by atoms with Gasteiger partial charge < -0.3 is 19.3 Å². The number of amides is 1. The Bertz CT molecular complexity index is 650. The van der Waals surface area contributed by atoms with E-state index in [1.165, 1.54) is 11.3 Å². The number of hydrogen-bond donors (Lipinski definition) is 1. The summed E-state index contributed by atoms with van der Waals surface area (Å²) >= 11 is 1.36. The largest absolute Gasteiger partial charge is 0.479 e. The van der Waals surface area contributed by atoms with E-state index in [9.17, 15) is 9.59 Å². The molecule has 3 rings (SSSR count). The predicted octanol–water partition coefficient (Wildman–Crippen LogP) is 1.46. The minimum Gasteiger partial charge on any atom is -0.479 e. The molecule has 2 aromatic heterocycles. The summed E-state index contributed by atoms with van der Waals surface area (Å²) in [5, 5.41) is 10.9. The van der Waals surface area contributed by atoms with Gasteiger partial charge in [-0.15, -0.1) is 11.3 Å². The summed E-state index contributed by atoms with van der Waals surface area (Å²) in [5.41, 5.74) is 0.813. The summed E-state index contributed by atoms with van der Waals surface area (Å²) in [6, 6.07) is 5.66. The highest BCUT2D eigenvalue weighted by molar-refractivity contribution is 7.12. The van der Waals surface area contributed by atoms with E-state index in [-0.39, 0.29) is 19.1 Å². The van der Waals surface area contributed by atoms with Crippen LogP contribution in [0.3, 0.4) is 0 Å². The number of rotatable bonds is 3. The number of hydrogen-bond acceptors (Lipinski definition) is 4. The molecule has 0 aliphatic carbocycles. The lowest BCUT2D eigenvalue weighted by Gasteiger charge is -2.30. The van der Waals surface area contributed by atoms with Gasteiger partial charge in [0.25, 0.3) is 5.91 Å². The van der Waals surface area contributed by atoms with Crippen molar-refractivity contribution in [2.24, 2.45) is 0 Å². The Hall–Kier alpha value is -2.12. The highest BCUT2D eigenvalue weighted by Gasteiger charge is 2.30. The van der Waals surface area contributed by atoms with Crippen LogP contribution in [0.15, 0.2) is 36.0 Å². The molecular formula is C14H14N2O4S. The number of nitrogens with zero attached hydrogens (tertiary/aromatic N) is 2. The van der Waals surface area contributed by atoms with E-state index in [4.69, 9.17) is 9.84 Å². The van der Waals surface area contributed by atoms with E-state index in [1.807, 2.05) is 40.5 Å². The molecule has 0 radical (unpaired) electrons. The standard InChI is InChI=1S/C14H14N2O4S/c17-13(16-6-7-20-11(9-16)14(18)19)12-10(3-8-21-12)15-4-1-2-5-15/h1-5,8,11H,6-7,9H2,(H,18,19)/t11-/m0/s1. The van der Waals surface area contributed by atoms with Gasteiger partial charge in [0, 0.05) is 18.9 Å². The number of carboxylic acid groups (broad SMARTS) is 1. The number of ether oxygens (including phenoxy) is 1. The Kier molecular flexibility index (Phi) is 3.76. The SMILES string of the molecule is O=C(O)[C@@H]1CN(C(=O)c2sccc2-n2cccc2)CCO1. The molecule has 1 aliphatic heterocycles. The lowest BCUT2D eigenvalue weighted by molar-refractivity contribution is -0.154. The molecule has 1 atom stereocenters. The van der Waals surface area contributed by atoms with Crippen LogP contribution in [0.1, 0.15) is 9.67 Å². The number of morpholine rings is 1. The van der Waals surface area contributed by atoms with Gasteiger partial charge in [-0.3, -0.25) is 4.79 Å². The zero-order valence-corrected chi connectivity index (χ0v) is 12.0. The number of carbonyl (C=O) groups is 2. The first-order valence-electron chi connectivity index (χ1n) is 6.51. The maximum absolute atomic E-state index is 12.6. The van der Waals surface area contributed by atoms with E-state index in [0.29, 0.717) is 11.4 Å². The van der Waals surface area contributed by atoms with Crippen LogP contribution in [0.2, 0.25) is 0 Å². The fourth-order valence-corrected chi connectivity index (χ4v) is 3.14. The van der Waals surface area contributed by atoms with Gasteiger partial charge in [0.2, 0.25) is 0 Å². The van der Waals surface area contributed by atoms with Crippen molar-refractivity contribution in [3.63, 3.8) is 0 Å². The molecule has 0 bridgehead atoms. The monoisotopic (exact) mass is 306 g/mol. The van der Waals surface area contributed by atoms with Gasteiger partial charge in [-0.05, 0) is 23.6 Å². The molecule has 2 aromatic rings. The molecule has 7 heteroatoms. The fourth-order valence-electron chi connectivity index (χ4n) is 2.29. The van der Waals surface area contributed by atoms with Gasteiger partial charge >= 0.3 is 5.97 Å². The number of carbonyl (C=O) groups excluding carboxylic acids is 1. The van der Waals surface area contributed by atoms with Crippen LogP contribution in [0, 0.1) is 0 Å². The number of aliphatic carboxylic acids is 1.